The lowest BCUT2D eigenvalue weighted by Gasteiger charge is -2.33. The molecule has 2 saturated heterocycles. The second-order valence-corrected chi connectivity index (χ2v) is 10.7. The van der Waals surface area contributed by atoms with Gasteiger partial charge >= 0.3 is 0 Å². The first-order valence-corrected chi connectivity index (χ1v) is 13.8. The van der Waals surface area contributed by atoms with Crippen molar-refractivity contribution in [1.29, 1.82) is 0 Å². The second kappa shape index (κ2) is 12.8. The van der Waals surface area contributed by atoms with Crippen LogP contribution in [0.1, 0.15) is 65.2 Å². The Labute approximate surface area is 216 Å². The summed E-state index contributed by atoms with van der Waals surface area (Å²) >= 11 is 0. The Hall–Kier alpha value is -3.02. The molecule has 0 aromatic heterocycles. The number of hydrogen-bond acceptors (Lipinski definition) is 4. The minimum Gasteiger partial charge on any atom is -0.370 e. The summed E-state index contributed by atoms with van der Waals surface area (Å²) in [5.41, 5.74) is 4.00. The van der Waals surface area contributed by atoms with Gasteiger partial charge in [-0.05, 0) is 74.6 Å². The maximum absolute atomic E-state index is 12.6. The lowest BCUT2D eigenvalue weighted by molar-refractivity contribution is -0.118. The predicted molar refractivity (Wildman–Crippen MR) is 150 cm³/mol. The normalized spacial score (nSPS) is 17.2. The molecule has 2 aliphatic rings. The molecule has 6 heteroatoms. The Bertz CT molecular complexity index is 926. The minimum absolute atomic E-state index is 0.0120. The molecule has 0 aliphatic carbocycles. The summed E-state index contributed by atoms with van der Waals surface area (Å²) < 4.78 is 0. The molecule has 0 atom stereocenters. The third-order valence-electron chi connectivity index (χ3n) is 7.66. The Morgan fingerprint density at radius 2 is 1.03 bits per heavy atom. The van der Waals surface area contributed by atoms with Gasteiger partial charge in [0.25, 0.3) is 0 Å². The van der Waals surface area contributed by atoms with E-state index in [4.69, 9.17) is 0 Å². The van der Waals surface area contributed by atoms with Crippen molar-refractivity contribution in [1.82, 2.24) is 0 Å². The third kappa shape index (κ3) is 7.25. The molecule has 194 valence electrons. The van der Waals surface area contributed by atoms with Crippen LogP contribution in [-0.4, -0.2) is 38.0 Å². The number of rotatable bonds is 9. The van der Waals surface area contributed by atoms with Gasteiger partial charge in [-0.1, -0.05) is 38.1 Å². The van der Waals surface area contributed by atoms with E-state index in [2.05, 4.69) is 46.4 Å². The smallest absolute Gasteiger partial charge is 0.224 e. The highest BCUT2D eigenvalue weighted by Crippen LogP contribution is 2.31. The number of unbranched alkanes of at least 4 members (excludes halogenated alkanes) is 1. The van der Waals surface area contributed by atoms with E-state index >= 15 is 0 Å². The molecule has 2 amide bonds. The number of amides is 2. The monoisotopic (exact) mass is 490 g/mol. The Kier molecular flexibility index (Phi) is 9.26. The molecule has 4 rings (SSSR count). The van der Waals surface area contributed by atoms with E-state index in [0.29, 0.717) is 25.7 Å². The van der Waals surface area contributed by atoms with Gasteiger partial charge in [-0.25, -0.2) is 0 Å². The Balaban J connectivity index is 1.21. The van der Waals surface area contributed by atoms with Crippen molar-refractivity contribution in [3.05, 3.63) is 48.5 Å². The van der Waals surface area contributed by atoms with Crippen LogP contribution in [0.5, 0.6) is 0 Å². The summed E-state index contributed by atoms with van der Waals surface area (Å²) in [7, 11) is 0. The van der Waals surface area contributed by atoms with E-state index in [1.807, 2.05) is 36.4 Å². The molecule has 0 spiro atoms. The molecular weight excluding hydrogens is 448 g/mol. The largest absolute Gasteiger partial charge is 0.370 e. The summed E-state index contributed by atoms with van der Waals surface area (Å²) in [6, 6.07) is 16.2. The van der Waals surface area contributed by atoms with Gasteiger partial charge in [-0.15, -0.1) is 0 Å². The van der Waals surface area contributed by atoms with Crippen molar-refractivity contribution in [2.24, 2.45) is 11.8 Å². The Morgan fingerprint density at radius 1 is 0.667 bits per heavy atom. The van der Waals surface area contributed by atoms with Crippen molar-refractivity contribution < 1.29 is 9.59 Å². The lowest BCUT2D eigenvalue weighted by Crippen LogP contribution is -2.33. The number of nitrogens with zero attached hydrogens (tertiary/aromatic N) is 2. The maximum Gasteiger partial charge on any atom is 0.224 e. The fraction of sp³-hybridized carbons (Fsp3) is 0.533. The molecule has 0 bridgehead atoms. The number of piperidine rings is 2. The first kappa shape index (κ1) is 26.1. The molecule has 6 nitrogen and oxygen atoms in total. The summed E-state index contributed by atoms with van der Waals surface area (Å²) in [4.78, 5) is 30.0. The van der Waals surface area contributed by atoms with Gasteiger partial charge in [0, 0.05) is 39.0 Å². The molecule has 2 aliphatic heterocycles. The molecule has 0 saturated carbocycles. The van der Waals surface area contributed by atoms with Crippen LogP contribution in [0.25, 0.3) is 0 Å². The summed E-state index contributed by atoms with van der Waals surface area (Å²) in [5, 5.41) is 6.21. The van der Waals surface area contributed by atoms with Crippen molar-refractivity contribution in [2.75, 3.05) is 46.6 Å². The van der Waals surface area contributed by atoms with E-state index in [-0.39, 0.29) is 11.8 Å². The van der Waals surface area contributed by atoms with Crippen LogP contribution in [0.4, 0.5) is 22.7 Å². The van der Waals surface area contributed by atoms with Crippen molar-refractivity contribution in [3.8, 4) is 0 Å². The van der Waals surface area contributed by atoms with Crippen LogP contribution < -0.4 is 20.4 Å². The molecule has 2 fully saturated rings. The molecule has 0 radical (unpaired) electrons. The zero-order valence-electron chi connectivity index (χ0n) is 22.0. The summed E-state index contributed by atoms with van der Waals surface area (Å²) in [6.07, 6.45) is 6.96. The number of para-hydroxylation sites is 4. The van der Waals surface area contributed by atoms with Crippen LogP contribution in [0.2, 0.25) is 0 Å². The number of nitrogens with one attached hydrogen (secondary N) is 2. The highest BCUT2D eigenvalue weighted by atomic mass is 16.2. The quantitative estimate of drug-likeness (QED) is 0.405. The standard InChI is InChI=1S/C30H42N4O2/c1-23-15-19-33(20-16-23)27-11-5-3-9-25(27)31-29(35)13-7-8-14-30(36)32-26-10-4-6-12-28(26)34-21-17-24(2)18-22-34/h3-6,9-12,23-24H,7-8,13-22H2,1-2H3,(H,31,35)(H,32,36). The Morgan fingerprint density at radius 3 is 1.42 bits per heavy atom. The van der Waals surface area contributed by atoms with Gasteiger partial charge in [0.2, 0.25) is 11.8 Å². The van der Waals surface area contributed by atoms with Crippen LogP contribution in [0.3, 0.4) is 0 Å². The zero-order valence-corrected chi connectivity index (χ0v) is 22.0. The third-order valence-corrected chi connectivity index (χ3v) is 7.66. The number of hydrogen-bond donors (Lipinski definition) is 2. The van der Waals surface area contributed by atoms with Gasteiger partial charge < -0.3 is 20.4 Å². The van der Waals surface area contributed by atoms with Crippen LogP contribution in [0, 0.1) is 11.8 Å². The predicted octanol–water partition coefficient (Wildman–Crippen LogP) is 6.30. The molecule has 2 N–H and O–H groups in total. The van der Waals surface area contributed by atoms with Gasteiger partial charge in [0.05, 0.1) is 22.7 Å². The second-order valence-electron chi connectivity index (χ2n) is 10.7. The molecule has 2 aromatic rings. The van der Waals surface area contributed by atoms with E-state index in [0.717, 1.165) is 60.8 Å². The van der Waals surface area contributed by atoms with E-state index in [1.54, 1.807) is 0 Å². The highest BCUT2D eigenvalue weighted by Gasteiger charge is 2.20. The van der Waals surface area contributed by atoms with Gasteiger partial charge in [0.1, 0.15) is 0 Å². The SMILES string of the molecule is CC1CCN(c2ccccc2NC(=O)CCCCC(=O)Nc2ccccc2N2CCC(C)CC2)CC1. The van der Waals surface area contributed by atoms with E-state index in [9.17, 15) is 9.59 Å². The average molecular weight is 491 g/mol. The fourth-order valence-corrected chi connectivity index (χ4v) is 5.21. The average Bonchev–Trinajstić information content (AvgIpc) is 2.88. The van der Waals surface area contributed by atoms with Gasteiger partial charge in [-0.2, -0.15) is 0 Å². The van der Waals surface area contributed by atoms with Crippen LogP contribution in [0.15, 0.2) is 48.5 Å². The number of carbonyl (C=O) groups is 2. The zero-order chi connectivity index (χ0) is 25.3. The van der Waals surface area contributed by atoms with E-state index in [1.165, 1.54) is 25.7 Å². The molecule has 2 aromatic carbocycles. The van der Waals surface area contributed by atoms with Crippen molar-refractivity contribution in [2.45, 2.75) is 65.2 Å². The van der Waals surface area contributed by atoms with Crippen molar-refractivity contribution >= 4 is 34.6 Å². The number of anilines is 4. The molecular formula is C30H42N4O2. The lowest BCUT2D eigenvalue weighted by atomic mass is 9.98. The first-order chi connectivity index (χ1) is 17.5. The van der Waals surface area contributed by atoms with Crippen LogP contribution >= 0.6 is 0 Å². The fourth-order valence-electron chi connectivity index (χ4n) is 5.21. The molecule has 2 heterocycles. The number of carbonyl (C=O) groups excluding carboxylic acids is 2. The van der Waals surface area contributed by atoms with Crippen LogP contribution in [-0.2, 0) is 9.59 Å². The summed E-state index contributed by atoms with van der Waals surface area (Å²) in [5.74, 6) is 1.56. The van der Waals surface area contributed by atoms with Gasteiger partial charge in [0.15, 0.2) is 0 Å². The first-order valence-electron chi connectivity index (χ1n) is 13.8. The molecule has 0 unspecified atom stereocenters. The van der Waals surface area contributed by atoms with Crippen molar-refractivity contribution in [3.63, 3.8) is 0 Å². The van der Waals surface area contributed by atoms with E-state index < -0.39 is 0 Å². The maximum atomic E-state index is 12.6. The topological polar surface area (TPSA) is 64.7 Å². The minimum atomic E-state index is 0.0120. The highest BCUT2D eigenvalue weighted by molar-refractivity contribution is 5.95. The van der Waals surface area contributed by atoms with Gasteiger partial charge in [-0.3, -0.25) is 9.59 Å². The number of benzene rings is 2. The molecule has 36 heavy (non-hydrogen) atoms. The summed E-state index contributed by atoms with van der Waals surface area (Å²) in [6.45, 7) is 8.73.